The molecule has 1 aliphatic rings. The summed E-state index contributed by atoms with van der Waals surface area (Å²) in [6.07, 6.45) is 2.40. The molecule has 0 amide bonds. The third kappa shape index (κ3) is 2.56. The average molecular weight is 211 g/mol. The predicted octanol–water partition coefficient (Wildman–Crippen LogP) is 2.17. The topological polar surface area (TPSA) is 32.3 Å². The molecule has 2 nitrogen and oxygen atoms in total. The van der Waals surface area contributed by atoms with Gasteiger partial charge in [-0.3, -0.25) is 0 Å². The Morgan fingerprint density at radius 2 is 2.43 bits per heavy atom. The van der Waals surface area contributed by atoms with Crippen LogP contribution in [-0.4, -0.2) is 17.8 Å². The van der Waals surface area contributed by atoms with Crippen LogP contribution in [0.4, 0.5) is 0 Å². The van der Waals surface area contributed by atoms with Gasteiger partial charge in [0.1, 0.15) is 0 Å². The summed E-state index contributed by atoms with van der Waals surface area (Å²) in [7, 11) is 0. The standard InChI is InChI=1S/C11H17NOS/c1-8(13)7-12-11(9-4-5-9)10-3-2-6-14-10/h2-3,6,8-9,11-13H,4-5,7H2,1H3. The van der Waals surface area contributed by atoms with E-state index >= 15 is 0 Å². The van der Waals surface area contributed by atoms with Gasteiger partial charge in [-0.05, 0) is 37.1 Å². The van der Waals surface area contributed by atoms with Crippen molar-refractivity contribution in [2.75, 3.05) is 6.54 Å². The summed E-state index contributed by atoms with van der Waals surface area (Å²) in [6.45, 7) is 2.52. The molecule has 2 N–H and O–H groups in total. The third-order valence-electron chi connectivity index (χ3n) is 2.58. The van der Waals surface area contributed by atoms with Gasteiger partial charge in [-0.1, -0.05) is 6.07 Å². The highest BCUT2D eigenvalue weighted by atomic mass is 32.1. The van der Waals surface area contributed by atoms with Crippen molar-refractivity contribution in [1.29, 1.82) is 0 Å². The minimum atomic E-state index is -0.254. The maximum atomic E-state index is 9.24. The maximum absolute atomic E-state index is 9.24. The molecular weight excluding hydrogens is 194 g/mol. The zero-order chi connectivity index (χ0) is 9.97. The second-order valence-electron chi connectivity index (χ2n) is 4.09. The van der Waals surface area contributed by atoms with Crippen molar-refractivity contribution < 1.29 is 5.11 Å². The summed E-state index contributed by atoms with van der Waals surface area (Å²) in [5, 5.41) is 14.8. The highest BCUT2D eigenvalue weighted by Crippen LogP contribution is 2.42. The summed E-state index contributed by atoms with van der Waals surface area (Å²) in [4.78, 5) is 1.41. The molecule has 1 aliphatic carbocycles. The van der Waals surface area contributed by atoms with Crippen LogP contribution >= 0.6 is 11.3 Å². The monoisotopic (exact) mass is 211 g/mol. The molecule has 14 heavy (non-hydrogen) atoms. The van der Waals surface area contributed by atoms with Gasteiger partial charge in [0.2, 0.25) is 0 Å². The van der Waals surface area contributed by atoms with E-state index in [0.717, 1.165) is 5.92 Å². The van der Waals surface area contributed by atoms with E-state index in [1.807, 2.05) is 6.92 Å². The van der Waals surface area contributed by atoms with E-state index in [1.54, 1.807) is 11.3 Å². The Balaban J connectivity index is 1.94. The SMILES string of the molecule is CC(O)CNC(c1cccs1)C1CC1. The Morgan fingerprint density at radius 3 is 2.93 bits per heavy atom. The predicted molar refractivity (Wildman–Crippen MR) is 59.5 cm³/mol. The first kappa shape index (κ1) is 10.1. The second kappa shape index (κ2) is 4.43. The first-order chi connectivity index (χ1) is 6.77. The lowest BCUT2D eigenvalue weighted by molar-refractivity contribution is 0.184. The quantitative estimate of drug-likeness (QED) is 0.782. The largest absolute Gasteiger partial charge is 0.392 e. The molecule has 1 aromatic heterocycles. The number of hydrogen-bond donors (Lipinski definition) is 2. The van der Waals surface area contributed by atoms with Crippen LogP contribution in [-0.2, 0) is 0 Å². The Morgan fingerprint density at radius 1 is 1.64 bits per heavy atom. The average Bonchev–Trinajstić information content (AvgIpc) is 2.81. The molecule has 2 rings (SSSR count). The zero-order valence-electron chi connectivity index (χ0n) is 8.44. The lowest BCUT2D eigenvalue weighted by Crippen LogP contribution is -2.29. The van der Waals surface area contributed by atoms with Gasteiger partial charge in [0, 0.05) is 17.5 Å². The van der Waals surface area contributed by atoms with Gasteiger partial charge in [0.15, 0.2) is 0 Å². The Bertz CT molecular complexity index is 267. The number of aliphatic hydroxyl groups excluding tert-OH is 1. The highest BCUT2D eigenvalue weighted by molar-refractivity contribution is 7.10. The maximum Gasteiger partial charge on any atom is 0.0636 e. The van der Waals surface area contributed by atoms with E-state index in [0.29, 0.717) is 12.6 Å². The number of rotatable bonds is 5. The van der Waals surface area contributed by atoms with Crippen LogP contribution in [0.1, 0.15) is 30.7 Å². The lowest BCUT2D eigenvalue weighted by Gasteiger charge is -2.17. The van der Waals surface area contributed by atoms with E-state index in [1.165, 1.54) is 17.7 Å². The van der Waals surface area contributed by atoms with Crippen molar-refractivity contribution in [3.8, 4) is 0 Å². The van der Waals surface area contributed by atoms with Gasteiger partial charge in [-0.15, -0.1) is 11.3 Å². The van der Waals surface area contributed by atoms with Crippen molar-refractivity contribution in [2.24, 2.45) is 5.92 Å². The fourth-order valence-corrected chi connectivity index (χ4v) is 2.59. The van der Waals surface area contributed by atoms with Crippen LogP contribution in [0.15, 0.2) is 17.5 Å². The van der Waals surface area contributed by atoms with Crippen LogP contribution in [0.3, 0.4) is 0 Å². The smallest absolute Gasteiger partial charge is 0.0636 e. The molecule has 0 aliphatic heterocycles. The van der Waals surface area contributed by atoms with Crippen molar-refractivity contribution in [3.63, 3.8) is 0 Å². The van der Waals surface area contributed by atoms with Crippen molar-refractivity contribution in [2.45, 2.75) is 31.9 Å². The Kier molecular flexibility index (Phi) is 3.21. The van der Waals surface area contributed by atoms with E-state index < -0.39 is 0 Å². The molecule has 0 radical (unpaired) electrons. The number of hydrogen-bond acceptors (Lipinski definition) is 3. The van der Waals surface area contributed by atoms with Gasteiger partial charge in [0.25, 0.3) is 0 Å². The molecule has 1 fully saturated rings. The molecule has 78 valence electrons. The molecule has 2 atom stereocenters. The van der Waals surface area contributed by atoms with Gasteiger partial charge in [0.05, 0.1) is 6.10 Å². The summed E-state index contributed by atoms with van der Waals surface area (Å²) in [5.74, 6) is 0.799. The normalized spacial score (nSPS) is 20.7. The first-order valence-corrected chi connectivity index (χ1v) is 6.10. The van der Waals surface area contributed by atoms with Gasteiger partial charge >= 0.3 is 0 Å². The van der Waals surface area contributed by atoms with Crippen molar-refractivity contribution >= 4 is 11.3 Å². The van der Waals surface area contributed by atoms with Crippen molar-refractivity contribution in [1.82, 2.24) is 5.32 Å². The molecule has 3 heteroatoms. The summed E-state index contributed by atoms with van der Waals surface area (Å²) in [5.41, 5.74) is 0. The molecule has 0 bridgehead atoms. The zero-order valence-corrected chi connectivity index (χ0v) is 9.26. The first-order valence-electron chi connectivity index (χ1n) is 5.22. The third-order valence-corrected chi connectivity index (χ3v) is 3.53. The molecule has 1 heterocycles. The number of aliphatic hydroxyl groups is 1. The van der Waals surface area contributed by atoms with E-state index in [2.05, 4.69) is 22.8 Å². The van der Waals surface area contributed by atoms with Crippen LogP contribution in [0, 0.1) is 5.92 Å². The number of nitrogens with one attached hydrogen (secondary N) is 1. The van der Waals surface area contributed by atoms with Crippen molar-refractivity contribution in [3.05, 3.63) is 22.4 Å². The molecule has 2 unspecified atom stereocenters. The summed E-state index contributed by atoms with van der Waals surface area (Å²) < 4.78 is 0. The van der Waals surface area contributed by atoms with Gasteiger partial charge in [-0.2, -0.15) is 0 Å². The summed E-state index contributed by atoms with van der Waals surface area (Å²) in [6, 6.07) is 4.76. The minimum absolute atomic E-state index is 0.254. The van der Waals surface area contributed by atoms with Crippen LogP contribution in [0.5, 0.6) is 0 Å². The molecule has 0 aromatic carbocycles. The molecule has 0 saturated heterocycles. The molecular formula is C11H17NOS. The second-order valence-corrected chi connectivity index (χ2v) is 5.07. The minimum Gasteiger partial charge on any atom is -0.392 e. The van der Waals surface area contributed by atoms with Crippen LogP contribution < -0.4 is 5.32 Å². The summed E-state index contributed by atoms with van der Waals surface area (Å²) >= 11 is 1.81. The van der Waals surface area contributed by atoms with Gasteiger partial charge in [-0.25, -0.2) is 0 Å². The fraction of sp³-hybridized carbons (Fsp3) is 0.636. The molecule has 1 aromatic rings. The lowest BCUT2D eigenvalue weighted by atomic mass is 10.1. The highest BCUT2D eigenvalue weighted by Gasteiger charge is 2.32. The molecule has 1 saturated carbocycles. The van der Waals surface area contributed by atoms with E-state index in [4.69, 9.17) is 0 Å². The van der Waals surface area contributed by atoms with Crippen LogP contribution in [0.2, 0.25) is 0 Å². The van der Waals surface area contributed by atoms with E-state index in [9.17, 15) is 5.11 Å². The molecule has 0 spiro atoms. The van der Waals surface area contributed by atoms with E-state index in [-0.39, 0.29) is 6.10 Å². The van der Waals surface area contributed by atoms with Gasteiger partial charge < -0.3 is 10.4 Å². The Labute approximate surface area is 89.0 Å². The number of thiophene rings is 1. The Hall–Kier alpha value is -0.380. The fourth-order valence-electron chi connectivity index (χ4n) is 1.69. The van der Waals surface area contributed by atoms with Crippen LogP contribution in [0.25, 0.3) is 0 Å².